The number of para-hydroxylation sites is 1. The first-order valence-electron chi connectivity index (χ1n) is 8.59. The first-order chi connectivity index (χ1) is 13.5. The van der Waals surface area contributed by atoms with Crippen LogP contribution in [0.1, 0.15) is 18.5 Å². The highest BCUT2D eigenvalue weighted by Crippen LogP contribution is 2.42. The highest BCUT2D eigenvalue weighted by atomic mass is 16.7. The number of ether oxygens (including phenoxy) is 2. The molecule has 1 saturated heterocycles. The van der Waals surface area contributed by atoms with Crippen molar-refractivity contribution < 1.29 is 33.5 Å². The van der Waals surface area contributed by atoms with Gasteiger partial charge in [0, 0.05) is 5.56 Å². The number of hydrazine groups is 1. The van der Waals surface area contributed by atoms with Crippen LogP contribution in [0.5, 0.6) is 0 Å². The lowest BCUT2D eigenvalue weighted by molar-refractivity contribution is -0.172. The fourth-order valence-corrected chi connectivity index (χ4v) is 3.01. The van der Waals surface area contributed by atoms with Crippen LogP contribution in [-0.4, -0.2) is 60.3 Å². The van der Waals surface area contributed by atoms with Crippen molar-refractivity contribution in [3.8, 4) is 0 Å². The summed E-state index contributed by atoms with van der Waals surface area (Å²) in [5.41, 5.74) is 0.965. The van der Waals surface area contributed by atoms with Crippen LogP contribution in [0.15, 0.2) is 36.9 Å². The molecule has 0 N–H and O–H groups in total. The average molecular weight is 389 g/mol. The molecular weight excluding hydrogens is 370 g/mol. The lowest BCUT2D eigenvalue weighted by atomic mass is 10.0. The molecule has 2 bridgehead atoms. The van der Waals surface area contributed by atoms with E-state index in [2.05, 4.69) is 6.58 Å². The molecule has 1 aromatic carbocycles. The average Bonchev–Trinajstić information content (AvgIpc) is 2.97. The van der Waals surface area contributed by atoms with Gasteiger partial charge in [0.2, 0.25) is 0 Å². The molecule has 3 amide bonds. The largest absolute Gasteiger partial charge is 0.460 e. The Morgan fingerprint density at radius 1 is 1.25 bits per heavy atom. The molecule has 2 aliphatic heterocycles. The number of fused-ring (bicyclic) bond motifs is 4. The highest BCUT2D eigenvalue weighted by molar-refractivity contribution is 6.38. The Hall–Kier alpha value is -3.40. The maximum atomic E-state index is 12.8. The molecule has 1 atom stereocenters. The van der Waals surface area contributed by atoms with Crippen LogP contribution in [0.2, 0.25) is 0 Å². The van der Waals surface area contributed by atoms with Gasteiger partial charge in [0.05, 0.1) is 18.8 Å². The molecule has 0 spiro atoms. The van der Waals surface area contributed by atoms with E-state index in [0.29, 0.717) is 11.3 Å². The second-order valence-corrected chi connectivity index (χ2v) is 5.85. The van der Waals surface area contributed by atoms with Crippen molar-refractivity contribution >= 4 is 29.6 Å². The molecule has 1 aromatic rings. The number of benzene rings is 1. The number of carbonyl (C=O) groups excluding carboxylic acids is 4. The Labute approximate surface area is 160 Å². The molecule has 2 heterocycles. The van der Waals surface area contributed by atoms with Crippen LogP contribution < -0.4 is 5.01 Å². The number of rotatable bonds is 6. The number of hydroxylamine groups is 2. The van der Waals surface area contributed by atoms with Crippen molar-refractivity contribution in [2.45, 2.75) is 13.0 Å². The summed E-state index contributed by atoms with van der Waals surface area (Å²) < 4.78 is 9.60. The number of amides is 3. The number of hydrogen-bond acceptors (Lipinski definition) is 7. The molecule has 1 unspecified atom stereocenters. The van der Waals surface area contributed by atoms with E-state index in [1.165, 1.54) is 6.08 Å². The van der Waals surface area contributed by atoms with Gasteiger partial charge < -0.3 is 9.47 Å². The Balaban J connectivity index is 1.85. The van der Waals surface area contributed by atoms with E-state index in [4.69, 9.17) is 14.3 Å². The van der Waals surface area contributed by atoms with Gasteiger partial charge in [-0.3, -0.25) is 9.63 Å². The first-order valence-corrected chi connectivity index (χ1v) is 8.59. The van der Waals surface area contributed by atoms with E-state index in [1.54, 1.807) is 31.2 Å². The number of nitrogens with zero attached hydrogens (tertiary/aromatic N) is 3. The summed E-state index contributed by atoms with van der Waals surface area (Å²) in [5, 5.41) is 3.07. The van der Waals surface area contributed by atoms with Gasteiger partial charge in [0.15, 0.2) is 6.61 Å². The van der Waals surface area contributed by atoms with Gasteiger partial charge >= 0.3 is 23.9 Å². The van der Waals surface area contributed by atoms with Crippen molar-refractivity contribution in [2.24, 2.45) is 0 Å². The third-order valence-electron chi connectivity index (χ3n) is 4.13. The SMILES string of the molecule is C=CCOC(=O)CON1C(=O)N2CC1c1ccccc1N2C(=O)C(=O)OCC. The van der Waals surface area contributed by atoms with Gasteiger partial charge in [0.1, 0.15) is 12.6 Å². The van der Waals surface area contributed by atoms with Crippen LogP contribution in [0.4, 0.5) is 10.5 Å². The number of esters is 2. The molecule has 10 nitrogen and oxygen atoms in total. The summed E-state index contributed by atoms with van der Waals surface area (Å²) in [6.45, 7) is 4.65. The van der Waals surface area contributed by atoms with Crippen molar-refractivity contribution in [1.29, 1.82) is 0 Å². The fraction of sp³-hybridized carbons (Fsp3) is 0.333. The lowest BCUT2D eigenvalue weighted by Gasteiger charge is -2.34. The number of carbonyl (C=O) groups is 4. The summed E-state index contributed by atoms with van der Waals surface area (Å²) in [7, 11) is 0. The summed E-state index contributed by atoms with van der Waals surface area (Å²) >= 11 is 0. The van der Waals surface area contributed by atoms with Crippen LogP contribution in [0, 0.1) is 0 Å². The van der Waals surface area contributed by atoms with Crippen molar-refractivity contribution in [2.75, 3.05) is 31.4 Å². The van der Waals surface area contributed by atoms with Crippen LogP contribution >= 0.6 is 0 Å². The number of urea groups is 1. The fourth-order valence-electron chi connectivity index (χ4n) is 3.01. The predicted octanol–water partition coefficient (Wildman–Crippen LogP) is 0.951. The van der Waals surface area contributed by atoms with Gasteiger partial charge in [-0.15, -0.1) is 0 Å². The van der Waals surface area contributed by atoms with Crippen molar-refractivity contribution in [3.63, 3.8) is 0 Å². The Morgan fingerprint density at radius 2 is 2.00 bits per heavy atom. The lowest BCUT2D eigenvalue weighted by Crippen LogP contribution is -2.52. The van der Waals surface area contributed by atoms with Crippen LogP contribution in [-0.2, 0) is 28.7 Å². The quantitative estimate of drug-likeness (QED) is 0.405. The maximum absolute atomic E-state index is 12.8. The minimum Gasteiger partial charge on any atom is -0.460 e. The van der Waals surface area contributed by atoms with Gasteiger partial charge in [0.25, 0.3) is 0 Å². The normalized spacial score (nSPS) is 17.2. The molecule has 3 rings (SSSR count). The van der Waals surface area contributed by atoms with E-state index in [0.717, 1.165) is 15.1 Å². The minimum absolute atomic E-state index is 0.0242. The summed E-state index contributed by atoms with van der Waals surface area (Å²) in [5.74, 6) is -2.74. The number of hydrogen-bond donors (Lipinski definition) is 0. The predicted molar refractivity (Wildman–Crippen MR) is 94.4 cm³/mol. The molecule has 0 radical (unpaired) electrons. The third kappa shape index (κ3) is 3.41. The summed E-state index contributed by atoms with van der Waals surface area (Å²) in [6.07, 6.45) is 1.41. The Morgan fingerprint density at radius 3 is 2.71 bits per heavy atom. The van der Waals surface area contributed by atoms with E-state index in [1.807, 2.05) is 0 Å². The molecule has 10 heteroatoms. The molecule has 0 aliphatic carbocycles. The molecule has 0 saturated carbocycles. The molecule has 148 valence electrons. The van der Waals surface area contributed by atoms with Gasteiger partial charge in [-0.2, -0.15) is 5.06 Å². The molecule has 2 aliphatic rings. The van der Waals surface area contributed by atoms with Gasteiger partial charge in [-0.1, -0.05) is 30.9 Å². The zero-order chi connectivity index (χ0) is 20.3. The van der Waals surface area contributed by atoms with Crippen LogP contribution in [0.25, 0.3) is 0 Å². The third-order valence-corrected chi connectivity index (χ3v) is 4.13. The monoisotopic (exact) mass is 389 g/mol. The van der Waals surface area contributed by atoms with Crippen molar-refractivity contribution in [3.05, 3.63) is 42.5 Å². The summed E-state index contributed by atoms with van der Waals surface area (Å²) in [6, 6.07) is 5.51. The first kappa shape index (κ1) is 19.4. The Kier molecular flexibility index (Phi) is 5.59. The van der Waals surface area contributed by atoms with E-state index >= 15 is 0 Å². The molecule has 0 aromatic heterocycles. The van der Waals surface area contributed by atoms with Gasteiger partial charge in [-0.25, -0.2) is 24.4 Å². The van der Waals surface area contributed by atoms with E-state index < -0.39 is 36.5 Å². The zero-order valence-electron chi connectivity index (χ0n) is 15.2. The number of anilines is 1. The van der Waals surface area contributed by atoms with Crippen LogP contribution in [0.3, 0.4) is 0 Å². The molecule has 1 fully saturated rings. The molecular formula is C18H19N3O7. The standard InChI is InChI=1S/C18H19N3O7/c1-3-9-27-15(22)11-28-21-14-10-19(18(21)25)20(16(23)17(24)26-4-2)13-8-6-5-7-12(13)14/h3,5-8,14H,1,4,9-11H2,2H3. The smallest absolute Gasteiger partial charge is 0.399 e. The topological polar surface area (TPSA) is 106 Å². The highest BCUT2D eigenvalue weighted by Gasteiger charge is 2.51. The Bertz CT molecular complexity index is 825. The van der Waals surface area contributed by atoms with Gasteiger partial charge in [-0.05, 0) is 13.0 Å². The maximum Gasteiger partial charge on any atom is 0.399 e. The second-order valence-electron chi connectivity index (χ2n) is 5.85. The summed E-state index contributed by atoms with van der Waals surface area (Å²) in [4.78, 5) is 54.4. The second kappa shape index (κ2) is 8.09. The van der Waals surface area contributed by atoms with E-state index in [-0.39, 0.29) is 19.8 Å². The van der Waals surface area contributed by atoms with E-state index in [9.17, 15) is 19.2 Å². The molecule has 28 heavy (non-hydrogen) atoms. The zero-order valence-corrected chi connectivity index (χ0v) is 15.2. The minimum atomic E-state index is -1.07. The van der Waals surface area contributed by atoms with Crippen molar-refractivity contribution in [1.82, 2.24) is 10.1 Å².